The van der Waals surface area contributed by atoms with Crippen molar-refractivity contribution in [1.82, 2.24) is 10.2 Å². The molecule has 4 nitrogen and oxygen atoms in total. The van der Waals surface area contributed by atoms with Gasteiger partial charge in [0.25, 0.3) is 0 Å². The van der Waals surface area contributed by atoms with Crippen molar-refractivity contribution in [2.75, 3.05) is 33.2 Å². The zero-order chi connectivity index (χ0) is 8.81. The fraction of sp³-hybridized carbons (Fsp3) is 0.875. The van der Waals surface area contributed by atoms with E-state index in [2.05, 4.69) is 15.2 Å². The summed E-state index contributed by atoms with van der Waals surface area (Å²) < 4.78 is 0. The van der Waals surface area contributed by atoms with E-state index in [1.807, 2.05) is 0 Å². The highest BCUT2D eigenvalue weighted by Gasteiger charge is 2.09. The highest BCUT2D eigenvalue weighted by Crippen LogP contribution is 2.05. The molecule has 0 aliphatic carbocycles. The van der Waals surface area contributed by atoms with E-state index >= 15 is 0 Å². The molecule has 1 saturated heterocycles. The Morgan fingerprint density at radius 2 is 2.17 bits per heavy atom. The van der Waals surface area contributed by atoms with Crippen LogP contribution in [0.1, 0.15) is 12.8 Å². The first-order chi connectivity index (χ1) is 5.83. The lowest BCUT2D eigenvalue weighted by Gasteiger charge is -2.14. The number of rotatable bonds is 3. The minimum Gasteiger partial charge on any atom is -0.370 e. The van der Waals surface area contributed by atoms with Gasteiger partial charge in [0.05, 0.1) is 0 Å². The number of hydrogen-bond donors (Lipinski definition) is 2. The summed E-state index contributed by atoms with van der Waals surface area (Å²) in [5.74, 6) is 0.536. The van der Waals surface area contributed by atoms with Gasteiger partial charge in [-0.05, 0) is 25.9 Å². The monoisotopic (exact) mass is 170 g/mol. The molecule has 1 aliphatic rings. The maximum atomic E-state index is 5.48. The third-order valence-electron chi connectivity index (χ3n) is 2.17. The number of guanidine groups is 1. The van der Waals surface area contributed by atoms with Crippen molar-refractivity contribution in [3.63, 3.8) is 0 Å². The first-order valence-electron chi connectivity index (χ1n) is 4.51. The first-order valence-corrected chi connectivity index (χ1v) is 4.51. The van der Waals surface area contributed by atoms with Gasteiger partial charge in [-0.25, -0.2) is 0 Å². The molecule has 1 heterocycles. The fourth-order valence-corrected chi connectivity index (χ4v) is 1.43. The van der Waals surface area contributed by atoms with Gasteiger partial charge in [-0.15, -0.1) is 0 Å². The van der Waals surface area contributed by atoms with E-state index < -0.39 is 0 Å². The standard InChI is InChI=1S/C8H18N4/c1-10-8(9)11-4-7-12-5-2-3-6-12/h2-7H2,1H3,(H3,9,10,11). The summed E-state index contributed by atoms with van der Waals surface area (Å²) in [6.45, 7) is 4.47. The molecular formula is C8H18N4. The number of aliphatic imine (C=N–C) groups is 1. The molecule has 12 heavy (non-hydrogen) atoms. The molecule has 1 rings (SSSR count). The summed E-state index contributed by atoms with van der Waals surface area (Å²) >= 11 is 0. The Balaban J connectivity index is 2.01. The van der Waals surface area contributed by atoms with E-state index in [1.54, 1.807) is 7.05 Å². The van der Waals surface area contributed by atoms with Gasteiger partial charge in [-0.3, -0.25) is 4.99 Å². The van der Waals surface area contributed by atoms with Crippen LogP contribution in [0.3, 0.4) is 0 Å². The zero-order valence-corrected chi connectivity index (χ0v) is 7.71. The van der Waals surface area contributed by atoms with Gasteiger partial charge in [-0.2, -0.15) is 0 Å². The van der Waals surface area contributed by atoms with Crippen LogP contribution in [0.15, 0.2) is 4.99 Å². The summed E-state index contributed by atoms with van der Waals surface area (Å²) in [6.07, 6.45) is 2.69. The highest BCUT2D eigenvalue weighted by atomic mass is 15.2. The third kappa shape index (κ3) is 3.09. The van der Waals surface area contributed by atoms with Crippen molar-refractivity contribution in [1.29, 1.82) is 0 Å². The second kappa shape index (κ2) is 4.98. The van der Waals surface area contributed by atoms with E-state index in [4.69, 9.17) is 5.73 Å². The average molecular weight is 170 g/mol. The Morgan fingerprint density at radius 1 is 1.50 bits per heavy atom. The first kappa shape index (κ1) is 9.32. The molecule has 0 bridgehead atoms. The third-order valence-corrected chi connectivity index (χ3v) is 2.17. The topological polar surface area (TPSA) is 53.6 Å². The molecule has 0 aromatic rings. The number of nitrogens with one attached hydrogen (secondary N) is 1. The molecule has 0 aromatic heterocycles. The normalized spacial score (nSPS) is 19.9. The smallest absolute Gasteiger partial charge is 0.188 e. The minimum absolute atomic E-state index is 0.536. The minimum atomic E-state index is 0.536. The maximum Gasteiger partial charge on any atom is 0.188 e. The van der Waals surface area contributed by atoms with Crippen molar-refractivity contribution in [2.24, 2.45) is 10.7 Å². The fourth-order valence-electron chi connectivity index (χ4n) is 1.43. The Kier molecular flexibility index (Phi) is 3.87. The molecule has 0 unspecified atom stereocenters. The number of nitrogens with zero attached hydrogens (tertiary/aromatic N) is 2. The van der Waals surface area contributed by atoms with Gasteiger partial charge in [0.1, 0.15) is 0 Å². The molecule has 0 saturated carbocycles. The molecule has 0 aromatic carbocycles. The lowest BCUT2D eigenvalue weighted by molar-refractivity contribution is 0.343. The number of nitrogens with two attached hydrogens (primary N) is 1. The van der Waals surface area contributed by atoms with Crippen molar-refractivity contribution >= 4 is 5.96 Å². The van der Waals surface area contributed by atoms with Gasteiger partial charge >= 0.3 is 0 Å². The molecule has 0 spiro atoms. The largest absolute Gasteiger partial charge is 0.370 e. The second-order valence-electron chi connectivity index (χ2n) is 3.08. The van der Waals surface area contributed by atoms with Crippen molar-refractivity contribution < 1.29 is 0 Å². The Hall–Kier alpha value is -0.770. The van der Waals surface area contributed by atoms with Crippen molar-refractivity contribution in [2.45, 2.75) is 12.8 Å². The molecule has 70 valence electrons. The maximum absolute atomic E-state index is 5.48. The van der Waals surface area contributed by atoms with E-state index in [9.17, 15) is 0 Å². The van der Waals surface area contributed by atoms with Crippen molar-refractivity contribution in [3.05, 3.63) is 0 Å². The van der Waals surface area contributed by atoms with Crippen LogP contribution in [0.25, 0.3) is 0 Å². The summed E-state index contributed by atoms with van der Waals surface area (Å²) in [4.78, 5) is 6.26. The predicted molar refractivity (Wildman–Crippen MR) is 51.2 cm³/mol. The van der Waals surface area contributed by atoms with Crippen LogP contribution in [0.4, 0.5) is 0 Å². The van der Waals surface area contributed by atoms with Gasteiger partial charge in [0.2, 0.25) is 0 Å². The van der Waals surface area contributed by atoms with Crippen LogP contribution in [0.2, 0.25) is 0 Å². The Morgan fingerprint density at radius 3 is 2.75 bits per heavy atom. The lowest BCUT2D eigenvalue weighted by Crippen LogP contribution is -2.37. The lowest BCUT2D eigenvalue weighted by atomic mass is 10.4. The van der Waals surface area contributed by atoms with E-state index in [1.165, 1.54) is 25.9 Å². The second-order valence-corrected chi connectivity index (χ2v) is 3.08. The molecule has 1 fully saturated rings. The molecule has 0 amide bonds. The van der Waals surface area contributed by atoms with Gasteiger partial charge in [0.15, 0.2) is 5.96 Å². The van der Waals surface area contributed by atoms with Gasteiger partial charge in [-0.1, -0.05) is 0 Å². The van der Waals surface area contributed by atoms with Crippen molar-refractivity contribution in [3.8, 4) is 0 Å². The summed E-state index contributed by atoms with van der Waals surface area (Å²) in [5.41, 5.74) is 5.48. The van der Waals surface area contributed by atoms with Crippen LogP contribution in [0, 0.1) is 0 Å². The van der Waals surface area contributed by atoms with E-state index in [0.29, 0.717) is 5.96 Å². The molecule has 1 aliphatic heterocycles. The van der Waals surface area contributed by atoms with E-state index in [0.717, 1.165) is 13.1 Å². The predicted octanol–water partition coefficient (Wildman–Crippen LogP) is -0.384. The highest BCUT2D eigenvalue weighted by molar-refractivity contribution is 5.77. The summed E-state index contributed by atoms with van der Waals surface area (Å²) in [6, 6.07) is 0. The molecule has 3 N–H and O–H groups in total. The van der Waals surface area contributed by atoms with Gasteiger partial charge < -0.3 is 16.0 Å². The quantitative estimate of drug-likeness (QED) is 0.448. The molecule has 0 radical (unpaired) electrons. The van der Waals surface area contributed by atoms with Crippen LogP contribution < -0.4 is 11.1 Å². The zero-order valence-electron chi connectivity index (χ0n) is 7.71. The van der Waals surface area contributed by atoms with E-state index in [-0.39, 0.29) is 0 Å². The molecule has 0 atom stereocenters. The Bertz CT molecular complexity index is 149. The van der Waals surface area contributed by atoms with Crippen LogP contribution >= 0.6 is 0 Å². The number of likely N-dealkylation sites (tertiary alicyclic amines) is 1. The van der Waals surface area contributed by atoms with Gasteiger partial charge in [0, 0.05) is 20.1 Å². The Labute approximate surface area is 73.8 Å². The molecule has 4 heteroatoms. The van der Waals surface area contributed by atoms with Crippen LogP contribution in [0.5, 0.6) is 0 Å². The summed E-state index contributed by atoms with van der Waals surface area (Å²) in [7, 11) is 1.69. The SMILES string of the molecule is CN=C(N)NCCN1CCCC1. The average Bonchev–Trinajstić information content (AvgIpc) is 2.57. The van der Waals surface area contributed by atoms with Crippen LogP contribution in [-0.4, -0.2) is 44.1 Å². The number of hydrogen-bond acceptors (Lipinski definition) is 2. The summed E-state index contributed by atoms with van der Waals surface area (Å²) in [5, 5.41) is 3.05. The van der Waals surface area contributed by atoms with Crippen LogP contribution in [-0.2, 0) is 0 Å². The molecular weight excluding hydrogens is 152 g/mol.